The minimum atomic E-state index is -0.132. The third-order valence-corrected chi connectivity index (χ3v) is 5.37. The van der Waals surface area contributed by atoms with E-state index < -0.39 is 0 Å². The van der Waals surface area contributed by atoms with Gasteiger partial charge >= 0.3 is 0 Å². The first-order valence-electron chi connectivity index (χ1n) is 9.16. The van der Waals surface area contributed by atoms with Gasteiger partial charge in [-0.2, -0.15) is 0 Å². The lowest BCUT2D eigenvalue weighted by molar-refractivity contribution is -0.136. The van der Waals surface area contributed by atoms with Gasteiger partial charge in [0.25, 0.3) is 5.56 Å². The Morgan fingerprint density at radius 2 is 2.12 bits per heavy atom. The van der Waals surface area contributed by atoms with E-state index in [0.717, 1.165) is 51.9 Å². The van der Waals surface area contributed by atoms with Gasteiger partial charge in [-0.1, -0.05) is 0 Å². The Morgan fingerprint density at radius 1 is 1.28 bits per heavy atom. The molecule has 25 heavy (non-hydrogen) atoms. The van der Waals surface area contributed by atoms with Crippen molar-refractivity contribution in [1.82, 2.24) is 19.5 Å². The summed E-state index contributed by atoms with van der Waals surface area (Å²) in [6.45, 7) is 2.26. The highest BCUT2D eigenvalue weighted by Gasteiger charge is 2.31. The van der Waals surface area contributed by atoms with Crippen LogP contribution in [0.25, 0.3) is 5.65 Å². The fourth-order valence-electron chi connectivity index (χ4n) is 3.97. The largest absolute Gasteiger partial charge is 0.381 e. The minimum Gasteiger partial charge on any atom is -0.381 e. The number of likely N-dealkylation sites (tertiary alicyclic amines) is 1. The summed E-state index contributed by atoms with van der Waals surface area (Å²) in [4.78, 5) is 31.8. The Bertz CT molecular complexity index is 806. The number of aromatic nitrogens is 3. The van der Waals surface area contributed by atoms with Gasteiger partial charge in [0, 0.05) is 44.5 Å². The fourth-order valence-corrected chi connectivity index (χ4v) is 3.97. The van der Waals surface area contributed by atoms with Crippen molar-refractivity contribution in [2.45, 2.75) is 44.6 Å². The molecule has 2 saturated heterocycles. The maximum absolute atomic E-state index is 12.9. The Hall–Kier alpha value is -2.15. The molecule has 2 aromatic rings. The number of fused-ring (bicyclic) bond motifs is 1. The Morgan fingerprint density at radius 3 is 2.96 bits per heavy atom. The standard InChI is InChI=1S/C18H24N4O3/c23-17(11-13-5-9-25-10-6-13)21-8-2-1-3-15(21)14-12-18(24)22-16(20-14)4-7-19-22/h4,7,12-13,15,19H,1-3,5-6,8-11H2/t15-/m0/s1. The lowest BCUT2D eigenvalue weighted by Gasteiger charge is -2.36. The van der Waals surface area contributed by atoms with Gasteiger partial charge in [0.2, 0.25) is 5.91 Å². The highest BCUT2D eigenvalue weighted by Crippen LogP contribution is 2.31. The molecule has 4 heterocycles. The normalized spacial score (nSPS) is 22.4. The second-order valence-electron chi connectivity index (χ2n) is 7.03. The van der Waals surface area contributed by atoms with E-state index in [4.69, 9.17) is 4.74 Å². The predicted octanol–water partition coefficient (Wildman–Crippen LogP) is 1.89. The van der Waals surface area contributed by atoms with Crippen molar-refractivity contribution < 1.29 is 9.53 Å². The number of H-pyrrole nitrogens is 1. The van der Waals surface area contributed by atoms with E-state index in [1.807, 2.05) is 4.90 Å². The predicted molar refractivity (Wildman–Crippen MR) is 92.3 cm³/mol. The molecular formula is C18H24N4O3. The maximum Gasteiger partial charge on any atom is 0.272 e. The zero-order valence-electron chi connectivity index (χ0n) is 14.3. The molecule has 0 saturated carbocycles. The Balaban J connectivity index is 1.57. The summed E-state index contributed by atoms with van der Waals surface area (Å²) in [6.07, 6.45) is 7.12. The molecule has 1 N–H and O–H groups in total. The van der Waals surface area contributed by atoms with Crippen molar-refractivity contribution >= 4 is 11.6 Å². The molecular weight excluding hydrogens is 320 g/mol. The number of rotatable bonds is 3. The van der Waals surface area contributed by atoms with Gasteiger partial charge in [-0.25, -0.2) is 9.50 Å². The molecule has 0 aliphatic carbocycles. The van der Waals surface area contributed by atoms with Gasteiger partial charge in [0.15, 0.2) is 5.65 Å². The van der Waals surface area contributed by atoms with Crippen molar-refractivity contribution in [3.05, 3.63) is 34.4 Å². The minimum absolute atomic E-state index is 0.0892. The third kappa shape index (κ3) is 3.33. The molecule has 0 spiro atoms. The van der Waals surface area contributed by atoms with Crippen LogP contribution < -0.4 is 5.56 Å². The second-order valence-corrected chi connectivity index (χ2v) is 7.03. The van der Waals surface area contributed by atoms with Crippen molar-refractivity contribution in [3.63, 3.8) is 0 Å². The van der Waals surface area contributed by atoms with Crippen molar-refractivity contribution in [1.29, 1.82) is 0 Å². The molecule has 0 bridgehead atoms. The van der Waals surface area contributed by atoms with Gasteiger partial charge in [0.1, 0.15) is 0 Å². The molecule has 0 radical (unpaired) electrons. The molecule has 134 valence electrons. The SMILES string of the molecule is O=C(CC1CCOCC1)N1CCCC[C@H]1c1cc(=O)n2[nH]ccc2n1. The van der Waals surface area contributed by atoms with Crippen LogP contribution >= 0.6 is 0 Å². The summed E-state index contributed by atoms with van der Waals surface area (Å²) < 4.78 is 6.81. The van der Waals surface area contributed by atoms with Crippen LogP contribution in [0, 0.1) is 5.92 Å². The van der Waals surface area contributed by atoms with E-state index in [9.17, 15) is 9.59 Å². The molecule has 4 rings (SSSR count). The Labute approximate surface area is 146 Å². The fraction of sp³-hybridized carbons (Fsp3) is 0.611. The van der Waals surface area contributed by atoms with E-state index in [1.165, 1.54) is 4.52 Å². The average molecular weight is 344 g/mol. The van der Waals surface area contributed by atoms with E-state index in [2.05, 4.69) is 10.1 Å². The molecule has 7 nitrogen and oxygen atoms in total. The van der Waals surface area contributed by atoms with Gasteiger partial charge in [-0.15, -0.1) is 0 Å². The number of hydrogen-bond donors (Lipinski definition) is 1. The summed E-state index contributed by atoms with van der Waals surface area (Å²) >= 11 is 0. The van der Waals surface area contributed by atoms with Gasteiger partial charge < -0.3 is 9.64 Å². The van der Waals surface area contributed by atoms with Crippen LogP contribution in [-0.2, 0) is 9.53 Å². The second kappa shape index (κ2) is 7.00. The van der Waals surface area contributed by atoms with E-state index >= 15 is 0 Å². The van der Waals surface area contributed by atoms with Crippen LogP contribution in [0.3, 0.4) is 0 Å². The highest BCUT2D eigenvalue weighted by molar-refractivity contribution is 5.77. The number of carbonyl (C=O) groups is 1. The Kier molecular flexibility index (Phi) is 4.57. The first kappa shape index (κ1) is 16.3. The van der Waals surface area contributed by atoms with E-state index in [1.54, 1.807) is 18.3 Å². The quantitative estimate of drug-likeness (QED) is 0.922. The zero-order valence-corrected chi connectivity index (χ0v) is 14.3. The molecule has 1 amide bonds. The van der Waals surface area contributed by atoms with Crippen LogP contribution in [0.5, 0.6) is 0 Å². The van der Waals surface area contributed by atoms with E-state index in [-0.39, 0.29) is 17.5 Å². The lowest BCUT2D eigenvalue weighted by atomic mass is 9.93. The monoisotopic (exact) mass is 344 g/mol. The zero-order chi connectivity index (χ0) is 17.2. The molecule has 7 heteroatoms. The number of amides is 1. The van der Waals surface area contributed by atoms with Crippen LogP contribution in [0.15, 0.2) is 23.1 Å². The lowest BCUT2D eigenvalue weighted by Crippen LogP contribution is -2.40. The molecule has 2 aliphatic heterocycles. The van der Waals surface area contributed by atoms with Gasteiger partial charge in [-0.05, 0) is 38.0 Å². The van der Waals surface area contributed by atoms with Crippen LogP contribution in [0.4, 0.5) is 0 Å². The number of hydrogen-bond acceptors (Lipinski definition) is 4. The van der Waals surface area contributed by atoms with Crippen molar-refractivity contribution in [3.8, 4) is 0 Å². The molecule has 2 aromatic heterocycles. The topological polar surface area (TPSA) is 79.7 Å². The molecule has 1 atom stereocenters. The number of nitrogens with one attached hydrogen (secondary N) is 1. The first-order valence-corrected chi connectivity index (χ1v) is 9.16. The van der Waals surface area contributed by atoms with Crippen LogP contribution in [-0.4, -0.2) is 45.2 Å². The van der Waals surface area contributed by atoms with Crippen LogP contribution in [0.2, 0.25) is 0 Å². The van der Waals surface area contributed by atoms with Crippen molar-refractivity contribution in [2.75, 3.05) is 19.8 Å². The number of ether oxygens (including phenoxy) is 1. The molecule has 2 aliphatic rings. The summed E-state index contributed by atoms with van der Waals surface area (Å²) in [5, 5.41) is 2.86. The number of carbonyl (C=O) groups excluding carboxylic acids is 1. The number of piperidine rings is 1. The summed E-state index contributed by atoms with van der Waals surface area (Å²) in [6, 6.07) is 3.25. The molecule has 0 aromatic carbocycles. The number of aromatic amines is 1. The number of nitrogens with zero attached hydrogens (tertiary/aromatic N) is 3. The summed E-state index contributed by atoms with van der Waals surface area (Å²) in [5.74, 6) is 0.599. The van der Waals surface area contributed by atoms with E-state index in [0.29, 0.717) is 23.7 Å². The van der Waals surface area contributed by atoms with Gasteiger partial charge in [0.05, 0.1) is 11.7 Å². The molecule has 2 fully saturated rings. The highest BCUT2D eigenvalue weighted by atomic mass is 16.5. The third-order valence-electron chi connectivity index (χ3n) is 5.37. The average Bonchev–Trinajstić information content (AvgIpc) is 3.12. The van der Waals surface area contributed by atoms with Crippen molar-refractivity contribution in [2.24, 2.45) is 5.92 Å². The van der Waals surface area contributed by atoms with Crippen LogP contribution in [0.1, 0.15) is 50.3 Å². The molecule has 0 unspecified atom stereocenters. The van der Waals surface area contributed by atoms with Gasteiger partial charge in [-0.3, -0.25) is 14.7 Å². The summed E-state index contributed by atoms with van der Waals surface area (Å²) in [5.41, 5.74) is 1.18. The smallest absolute Gasteiger partial charge is 0.272 e. The maximum atomic E-state index is 12.9. The summed E-state index contributed by atoms with van der Waals surface area (Å²) in [7, 11) is 0. The first-order chi connectivity index (χ1) is 12.2.